The molecular formula is C34H61N5O25. The van der Waals surface area contributed by atoms with Gasteiger partial charge in [0.15, 0.2) is 25.2 Å². The lowest BCUT2D eigenvalue weighted by Gasteiger charge is -2.46. The summed E-state index contributed by atoms with van der Waals surface area (Å²) in [4.78, 5) is 37.3. The van der Waals surface area contributed by atoms with E-state index in [2.05, 4.69) is 5.43 Å². The number of nitrogens with zero attached hydrogens (tertiary/aromatic N) is 2. The molecule has 64 heavy (non-hydrogen) atoms. The number of hydrazine groups is 1. The van der Waals surface area contributed by atoms with Gasteiger partial charge >= 0.3 is 0 Å². The van der Waals surface area contributed by atoms with Gasteiger partial charge in [-0.1, -0.05) is 0 Å². The van der Waals surface area contributed by atoms with Crippen LogP contribution < -0.4 is 16.9 Å². The Morgan fingerprint density at radius 1 is 0.484 bits per heavy atom. The number of aliphatic hydroxyl groups is 14. The van der Waals surface area contributed by atoms with E-state index in [0.29, 0.717) is 0 Å². The number of primary amides is 2. The van der Waals surface area contributed by atoms with E-state index < -0.39 is 200 Å². The summed E-state index contributed by atoms with van der Waals surface area (Å²) in [6.07, 6.45) is -35.1. The molecule has 30 heteroatoms. The number of hydrogen-bond donors (Lipinski definition) is 17. The van der Waals surface area contributed by atoms with Gasteiger partial charge in [-0.2, -0.15) is 0 Å². The minimum absolute atomic E-state index is 0.291. The SMILES string of the molecule is NC(=O)CN(CC(N)=O)CC(=O)NN(CCO[C@H]1O[C@H](CO)[C@@H](O)[C@H](O)[C@@H]1O)CCO[C@H]1O[C@H](CO[C@H]2O[C@H](CO)[C@@H](O)[C@H](O)[C@@H]2O)[C@@H](O)[C@H](O[C@H]2O[C@H](CO)[C@@H](O)[C@H](O)[C@@H]2O)[C@@H]1O. The molecule has 0 spiro atoms. The maximum atomic E-state index is 13.1. The lowest BCUT2D eigenvalue weighted by atomic mass is 9.96. The summed E-state index contributed by atoms with van der Waals surface area (Å²) in [6, 6.07) is 0. The number of aliphatic hydroxyl groups excluding tert-OH is 14. The monoisotopic (exact) mass is 939 g/mol. The van der Waals surface area contributed by atoms with Crippen LogP contribution in [0.2, 0.25) is 0 Å². The third-order valence-corrected chi connectivity index (χ3v) is 10.6. The van der Waals surface area contributed by atoms with Crippen LogP contribution in [0.5, 0.6) is 0 Å². The molecule has 4 fully saturated rings. The van der Waals surface area contributed by atoms with E-state index in [1.807, 2.05) is 0 Å². The average Bonchev–Trinajstić information content (AvgIpc) is 3.24. The number of nitrogens with one attached hydrogen (secondary N) is 1. The van der Waals surface area contributed by atoms with Crippen LogP contribution in [-0.4, -0.2) is 294 Å². The molecule has 372 valence electrons. The first-order chi connectivity index (χ1) is 30.2. The van der Waals surface area contributed by atoms with E-state index in [0.717, 1.165) is 9.91 Å². The quantitative estimate of drug-likeness (QED) is 0.0423. The smallest absolute Gasteiger partial charge is 0.248 e. The van der Waals surface area contributed by atoms with E-state index in [9.17, 15) is 85.9 Å². The molecule has 4 rings (SSSR count). The predicted octanol–water partition coefficient (Wildman–Crippen LogP) is -13.1. The first kappa shape index (κ1) is 54.1. The highest BCUT2D eigenvalue weighted by Gasteiger charge is 2.52. The van der Waals surface area contributed by atoms with E-state index >= 15 is 0 Å². The Balaban J connectivity index is 1.51. The van der Waals surface area contributed by atoms with Gasteiger partial charge in [-0.05, 0) is 0 Å². The van der Waals surface area contributed by atoms with Crippen molar-refractivity contribution in [3.8, 4) is 0 Å². The topological polar surface area (TPSA) is 479 Å². The molecule has 4 aliphatic heterocycles. The molecule has 4 saturated heterocycles. The fraction of sp³-hybridized carbons (Fsp3) is 0.912. The maximum absolute atomic E-state index is 13.1. The highest BCUT2D eigenvalue weighted by molar-refractivity contribution is 5.82. The first-order valence-electron chi connectivity index (χ1n) is 20.0. The van der Waals surface area contributed by atoms with Crippen LogP contribution in [-0.2, 0) is 52.3 Å². The molecule has 0 aromatic carbocycles. The van der Waals surface area contributed by atoms with Crippen molar-refractivity contribution in [3.63, 3.8) is 0 Å². The summed E-state index contributed by atoms with van der Waals surface area (Å²) in [7, 11) is 0. The van der Waals surface area contributed by atoms with Gasteiger partial charge in [-0.15, -0.1) is 0 Å². The maximum Gasteiger partial charge on any atom is 0.248 e. The molecule has 0 radical (unpaired) electrons. The van der Waals surface area contributed by atoms with Gasteiger partial charge in [-0.25, -0.2) is 5.01 Å². The second kappa shape index (κ2) is 25.0. The van der Waals surface area contributed by atoms with Crippen LogP contribution in [0.3, 0.4) is 0 Å². The van der Waals surface area contributed by atoms with E-state index in [4.69, 9.17) is 49.4 Å². The second-order valence-corrected chi connectivity index (χ2v) is 15.4. The second-order valence-electron chi connectivity index (χ2n) is 15.4. The van der Waals surface area contributed by atoms with Crippen LogP contribution in [0.15, 0.2) is 0 Å². The summed E-state index contributed by atoms with van der Waals surface area (Å²) in [5.74, 6) is -2.63. The lowest BCUT2D eigenvalue weighted by molar-refractivity contribution is -0.366. The standard InChI is InChI=1S/C34H61N5O25/c35-16(43)5-38(6-17(36)44)7-18(45)37-39(1-3-57-31-26(53)23(50)19(46)12(8-40)60-31)2-4-58-33-29(56)30(64-34-28(55)25(52)21(48)14(10-42)62-34)22(49)15(63-33)11-59-32-27(54)24(51)20(47)13(9-41)61-32/h12-15,19-34,40-42,46-56H,1-11H2,(H2,35,43)(H2,36,44)(H,37,45)/t12-,13-,14-,15-,19-,20-,21-,22-,23+,24+,25+,26+,27+,28+,29+,30+,31+,32+,33+,34-/m1/s1. The Bertz CT molecular complexity index is 1440. The summed E-state index contributed by atoms with van der Waals surface area (Å²) in [5.41, 5.74) is 12.9. The van der Waals surface area contributed by atoms with Gasteiger partial charge in [-0.3, -0.25) is 24.7 Å². The Morgan fingerprint density at radius 2 is 0.875 bits per heavy atom. The summed E-state index contributed by atoms with van der Waals surface area (Å²) < 4.78 is 44.3. The van der Waals surface area contributed by atoms with E-state index in [-0.39, 0.29) is 13.1 Å². The van der Waals surface area contributed by atoms with Crippen molar-refractivity contribution in [2.24, 2.45) is 11.5 Å². The van der Waals surface area contributed by atoms with Crippen molar-refractivity contribution in [3.05, 3.63) is 0 Å². The number of carbonyl (C=O) groups is 3. The Morgan fingerprint density at radius 3 is 1.31 bits per heavy atom. The number of hydrogen-bond acceptors (Lipinski definition) is 27. The van der Waals surface area contributed by atoms with Crippen molar-refractivity contribution in [1.82, 2.24) is 15.3 Å². The van der Waals surface area contributed by atoms with Crippen molar-refractivity contribution in [1.29, 1.82) is 0 Å². The number of amides is 3. The molecule has 0 saturated carbocycles. The molecule has 19 N–H and O–H groups in total. The average molecular weight is 940 g/mol. The molecule has 3 amide bonds. The third-order valence-electron chi connectivity index (χ3n) is 10.6. The Hall–Kier alpha value is -2.55. The minimum atomic E-state index is -2.01. The molecule has 0 aliphatic carbocycles. The number of rotatable bonds is 23. The van der Waals surface area contributed by atoms with Crippen LogP contribution >= 0.6 is 0 Å². The Labute approximate surface area is 363 Å². The Kier molecular flexibility index (Phi) is 21.1. The molecule has 4 aliphatic rings. The zero-order chi connectivity index (χ0) is 47.6. The highest BCUT2D eigenvalue weighted by Crippen LogP contribution is 2.31. The fourth-order valence-corrected chi connectivity index (χ4v) is 7.08. The number of carbonyl (C=O) groups excluding carboxylic acids is 3. The van der Waals surface area contributed by atoms with Crippen molar-refractivity contribution >= 4 is 17.7 Å². The molecule has 0 bridgehead atoms. The van der Waals surface area contributed by atoms with Gasteiger partial charge in [0.1, 0.15) is 97.7 Å². The van der Waals surface area contributed by atoms with Crippen molar-refractivity contribution in [2.75, 3.05) is 72.4 Å². The summed E-state index contributed by atoms with van der Waals surface area (Å²) in [5, 5.41) is 145. The molecule has 4 heterocycles. The van der Waals surface area contributed by atoms with Crippen molar-refractivity contribution < 1.29 is 124 Å². The minimum Gasteiger partial charge on any atom is -0.394 e. The summed E-state index contributed by atoms with van der Waals surface area (Å²) >= 11 is 0. The zero-order valence-electron chi connectivity index (χ0n) is 34.1. The molecule has 0 aromatic rings. The lowest BCUT2D eigenvalue weighted by Crippen LogP contribution is -2.65. The van der Waals surface area contributed by atoms with Gasteiger partial charge in [0.2, 0.25) is 17.7 Å². The van der Waals surface area contributed by atoms with Gasteiger partial charge in [0.25, 0.3) is 0 Å². The van der Waals surface area contributed by atoms with Crippen LogP contribution in [0.25, 0.3) is 0 Å². The molecule has 30 nitrogen and oxygen atoms in total. The van der Waals surface area contributed by atoms with E-state index in [1.165, 1.54) is 0 Å². The normalized spacial score (nSPS) is 40.7. The van der Waals surface area contributed by atoms with Gasteiger partial charge in [0.05, 0.1) is 59.3 Å². The van der Waals surface area contributed by atoms with E-state index in [1.54, 1.807) is 0 Å². The first-order valence-corrected chi connectivity index (χ1v) is 20.0. The number of ether oxygens (including phenoxy) is 8. The highest BCUT2D eigenvalue weighted by atomic mass is 16.8. The molecular weight excluding hydrogens is 878 g/mol. The molecule has 0 unspecified atom stereocenters. The third kappa shape index (κ3) is 14.0. The van der Waals surface area contributed by atoms with Gasteiger partial charge < -0.3 is 121 Å². The van der Waals surface area contributed by atoms with Crippen LogP contribution in [0, 0.1) is 0 Å². The zero-order valence-corrected chi connectivity index (χ0v) is 34.1. The van der Waals surface area contributed by atoms with Crippen LogP contribution in [0.4, 0.5) is 0 Å². The molecule has 0 aromatic heterocycles. The number of nitrogens with two attached hydrogens (primary N) is 2. The summed E-state index contributed by atoms with van der Waals surface area (Å²) in [6.45, 7) is -6.41. The van der Waals surface area contributed by atoms with Crippen LogP contribution in [0.1, 0.15) is 0 Å². The predicted molar refractivity (Wildman–Crippen MR) is 199 cm³/mol. The molecule has 20 atom stereocenters. The van der Waals surface area contributed by atoms with Crippen molar-refractivity contribution in [2.45, 2.75) is 123 Å². The fourth-order valence-electron chi connectivity index (χ4n) is 7.08. The van der Waals surface area contributed by atoms with Gasteiger partial charge in [0, 0.05) is 13.1 Å². The largest absolute Gasteiger partial charge is 0.394 e.